The first-order valence-electron chi connectivity index (χ1n) is 7.93. The maximum atomic E-state index is 11.7. The molecule has 0 aliphatic rings. The largest absolute Gasteiger partial charge is 0.462 e. The third-order valence-corrected chi connectivity index (χ3v) is 3.32. The van der Waals surface area contributed by atoms with Gasteiger partial charge in [-0.05, 0) is 37.5 Å². The summed E-state index contributed by atoms with van der Waals surface area (Å²) in [7, 11) is 0. The first kappa shape index (κ1) is 18.7. The molecule has 3 N–H and O–H groups in total. The van der Waals surface area contributed by atoms with Gasteiger partial charge in [0.1, 0.15) is 0 Å². The van der Waals surface area contributed by atoms with E-state index < -0.39 is 0 Å². The molecule has 0 spiro atoms. The number of nitrogen functional groups attached to an aromatic ring is 1. The van der Waals surface area contributed by atoms with Gasteiger partial charge in [-0.3, -0.25) is 4.79 Å². The fraction of sp³-hybridized carbons (Fsp3) is 0.444. The second-order valence-corrected chi connectivity index (χ2v) is 5.60. The van der Waals surface area contributed by atoms with Crippen molar-refractivity contribution >= 4 is 17.6 Å². The fourth-order valence-electron chi connectivity index (χ4n) is 2.02. The van der Waals surface area contributed by atoms with E-state index in [9.17, 15) is 9.59 Å². The number of esters is 1. The van der Waals surface area contributed by atoms with Gasteiger partial charge in [0.2, 0.25) is 5.91 Å². The molecule has 23 heavy (non-hydrogen) atoms. The number of hydrogen-bond donors (Lipinski definition) is 2. The Bertz CT molecular complexity index is 541. The van der Waals surface area contributed by atoms with Gasteiger partial charge in [0, 0.05) is 24.2 Å². The van der Waals surface area contributed by atoms with E-state index in [1.807, 2.05) is 24.3 Å². The molecule has 126 valence electrons. The second kappa shape index (κ2) is 10.4. The van der Waals surface area contributed by atoms with Gasteiger partial charge in [-0.2, -0.15) is 0 Å². The van der Waals surface area contributed by atoms with Gasteiger partial charge in [-0.1, -0.05) is 31.6 Å². The van der Waals surface area contributed by atoms with Crippen LogP contribution < -0.4 is 11.1 Å². The fourth-order valence-corrected chi connectivity index (χ4v) is 2.02. The van der Waals surface area contributed by atoms with Crippen molar-refractivity contribution in [3.05, 3.63) is 42.0 Å². The number of rotatable bonds is 10. The maximum Gasteiger partial charge on any atom is 0.333 e. The maximum absolute atomic E-state index is 11.7. The molecule has 5 nitrogen and oxygen atoms in total. The molecule has 0 unspecified atom stereocenters. The molecule has 0 atom stereocenters. The highest BCUT2D eigenvalue weighted by atomic mass is 16.5. The average molecular weight is 318 g/mol. The van der Waals surface area contributed by atoms with Crippen molar-refractivity contribution in [3.8, 4) is 0 Å². The van der Waals surface area contributed by atoms with Gasteiger partial charge < -0.3 is 15.8 Å². The van der Waals surface area contributed by atoms with Gasteiger partial charge in [-0.15, -0.1) is 0 Å². The van der Waals surface area contributed by atoms with E-state index in [0.717, 1.165) is 31.2 Å². The van der Waals surface area contributed by atoms with E-state index >= 15 is 0 Å². The molecule has 1 rings (SSSR count). The zero-order valence-corrected chi connectivity index (χ0v) is 13.8. The summed E-state index contributed by atoms with van der Waals surface area (Å²) in [4.78, 5) is 22.9. The summed E-state index contributed by atoms with van der Waals surface area (Å²) < 4.78 is 5.00. The van der Waals surface area contributed by atoms with Gasteiger partial charge >= 0.3 is 5.97 Å². The predicted molar refractivity (Wildman–Crippen MR) is 91.6 cm³/mol. The van der Waals surface area contributed by atoms with Crippen LogP contribution in [0.15, 0.2) is 36.4 Å². The van der Waals surface area contributed by atoms with E-state index in [0.29, 0.717) is 30.8 Å². The number of nitrogens with one attached hydrogen (secondary N) is 1. The molecule has 0 bridgehead atoms. The average Bonchev–Trinajstić information content (AvgIpc) is 2.51. The molecule has 0 aromatic heterocycles. The Kier molecular flexibility index (Phi) is 8.50. The lowest BCUT2D eigenvalue weighted by Crippen LogP contribution is -2.22. The predicted octanol–water partition coefficient (Wildman–Crippen LogP) is 2.95. The highest BCUT2D eigenvalue weighted by Gasteiger charge is 2.03. The molecular weight excluding hydrogens is 292 g/mol. The monoisotopic (exact) mass is 318 g/mol. The Morgan fingerprint density at radius 3 is 2.65 bits per heavy atom. The third kappa shape index (κ3) is 8.66. The zero-order chi connectivity index (χ0) is 17.1. The summed E-state index contributed by atoms with van der Waals surface area (Å²) in [5, 5.41) is 2.88. The van der Waals surface area contributed by atoms with Gasteiger partial charge in [0.05, 0.1) is 6.61 Å². The van der Waals surface area contributed by atoms with E-state index in [-0.39, 0.29) is 11.9 Å². The van der Waals surface area contributed by atoms with E-state index in [2.05, 4.69) is 11.9 Å². The quantitative estimate of drug-likeness (QED) is 0.301. The van der Waals surface area contributed by atoms with Crippen LogP contribution in [0.3, 0.4) is 0 Å². The number of carbonyl (C=O) groups is 2. The normalized spacial score (nSPS) is 10.1. The summed E-state index contributed by atoms with van der Waals surface area (Å²) in [6.45, 7) is 6.06. The number of unbranched alkanes of at least 4 members (excludes halogenated alkanes) is 3. The highest BCUT2D eigenvalue weighted by Crippen LogP contribution is 2.07. The van der Waals surface area contributed by atoms with E-state index in [1.165, 1.54) is 0 Å². The molecule has 1 amide bonds. The van der Waals surface area contributed by atoms with Crippen LogP contribution in [0.1, 0.15) is 44.6 Å². The van der Waals surface area contributed by atoms with Crippen molar-refractivity contribution in [1.29, 1.82) is 0 Å². The SMILES string of the molecule is C=C(C)C(=O)OCCCCCCC(=O)NCc1cccc(N)c1. The third-order valence-electron chi connectivity index (χ3n) is 3.32. The number of benzene rings is 1. The summed E-state index contributed by atoms with van der Waals surface area (Å²) >= 11 is 0. The van der Waals surface area contributed by atoms with Crippen LogP contribution in [0, 0.1) is 0 Å². The molecule has 0 saturated heterocycles. The van der Waals surface area contributed by atoms with Crippen molar-refractivity contribution in [1.82, 2.24) is 5.32 Å². The summed E-state index contributed by atoms with van der Waals surface area (Å²) in [5.74, 6) is -0.299. The molecule has 5 heteroatoms. The Balaban J connectivity index is 2.02. The van der Waals surface area contributed by atoms with Crippen LogP contribution in [0.5, 0.6) is 0 Å². The Morgan fingerprint density at radius 2 is 1.96 bits per heavy atom. The van der Waals surface area contributed by atoms with Crippen LogP contribution in [0.4, 0.5) is 5.69 Å². The Labute approximate surface area is 137 Å². The number of carbonyl (C=O) groups excluding carboxylic acids is 2. The molecule has 1 aromatic rings. The molecule has 0 heterocycles. The molecule has 1 aromatic carbocycles. The Morgan fingerprint density at radius 1 is 1.22 bits per heavy atom. The summed E-state index contributed by atoms with van der Waals surface area (Å²) in [6, 6.07) is 7.48. The standard InChI is InChI=1S/C18H26N2O3/c1-14(2)18(22)23-11-6-4-3-5-10-17(21)20-13-15-8-7-9-16(19)12-15/h7-9,12H,1,3-6,10-11,13,19H2,2H3,(H,20,21). The molecule has 0 radical (unpaired) electrons. The summed E-state index contributed by atoms with van der Waals surface area (Å²) in [5.41, 5.74) is 7.80. The van der Waals surface area contributed by atoms with Crippen LogP contribution in [-0.2, 0) is 20.9 Å². The molecular formula is C18H26N2O3. The van der Waals surface area contributed by atoms with Crippen molar-refractivity contribution in [2.75, 3.05) is 12.3 Å². The lowest BCUT2D eigenvalue weighted by molar-refractivity contribution is -0.139. The zero-order valence-electron chi connectivity index (χ0n) is 13.8. The number of anilines is 1. The number of ether oxygens (including phenoxy) is 1. The van der Waals surface area contributed by atoms with Gasteiger partial charge in [-0.25, -0.2) is 4.79 Å². The number of nitrogens with two attached hydrogens (primary N) is 1. The van der Waals surface area contributed by atoms with Crippen LogP contribution >= 0.6 is 0 Å². The molecule has 0 aliphatic heterocycles. The number of amides is 1. The minimum Gasteiger partial charge on any atom is -0.462 e. The van der Waals surface area contributed by atoms with Crippen molar-refractivity contribution < 1.29 is 14.3 Å². The first-order chi connectivity index (χ1) is 11.0. The van der Waals surface area contributed by atoms with E-state index in [4.69, 9.17) is 10.5 Å². The van der Waals surface area contributed by atoms with Crippen LogP contribution in [0.25, 0.3) is 0 Å². The van der Waals surface area contributed by atoms with Crippen molar-refractivity contribution in [2.45, 2.75) is 45.6 Å². The van der Waals surface area contributed by atoms with Crippen LogP contribution in [0.2, 0.25) is 0 Å². The molecule has 0 saturated carbocycles. The lowest BCUT2D eigenvalue weighted by Gasteiger charge is -2.06. The van der Waals surface area contributed by atoms with Gasteiger partial charge in [0.15, 0.2) is 0 Å². The second-order valence-electron chi connectivity index (χ2n) is 5.60. The number of hydrogen-bond acceptors (Lipinski definition) is 4. The topological polar surface area (TPSA) is 81.4 Å². The van der Waals surface area contributed by atoms with Crippen molar-refractivity contribution in [3.63, 3.8) is 0 Å². The molecule has 0 fully saturated rings. The van der Waals surface area contributed by atoms with Crippen LogP contribution in [-0.4, -0.2) is 18.5 Å². The highest BCUT2D eigenvalue weighted by molar-refractivity contribution is 5.86. The molecule has 0 aliphatic carbocycles. The van der Waals surface area contributed by atoms with Crippen molar-refractivity contribution in [2.24, 2.45) is 0 Å². The minimum absolute atomic E-state index is 0.0427. The smallest absolute Gasteiger partial charge is 0.333 e. The Hall–Kier alpha value is -2.30. The lowest BCUT2D eigenvalue weighted by atomic mass is 10.1. The summed E-state index contributed by atoms with van der Waals surface area (Å²) in [6.07, 6.45) is 4.03. The minimum atomic E-state index is -0.342. The van der Waals surface area contributed by atoms with Gasteiger partial charge in [0.25, 0.3) is 0 Å². The van der Waals surface area contributed by atoms with E-state index in [1.54, 1.807) is 6.92 Å². The first-order valence-corrected chi connectivity index (χ1v) is 7.93.